The van der Waals surface area contributed by atoms with E-state index in [1.807, 2.05) is 30.2 Å². The zero-order valence-electron chi connectivity index (χ0n) is 8.97. The minimum atomic E-state index is 0.389. The van der Waals surface area contributed by atoms with Crippen LogP contribution >= 0.6 is 11.8 Å². The van der Waals surface area contributed by atoms with Gasteiger partial charge in [0.1, 0.15) is 0 Å². The summed E-state index contributed by atoms with van der Waals surface area (Å²) >= 11 is 1.99. The molecule has 82 valence electrons. The first kappa shape index (κ1) is 10.8. The second-order valence-electron chi connectivity index (χ2n) is 3.89. The van der Waals surface area contributed by atoms with Crippen molar-refractivity contribution >= 4 is 17.4 Å². The summed E-state index contributed by atoms with van der Waals surface area (Å²) in [6.45, 7) is 2.87. The van der Waals surface area contributed by atoms with Gasteiger partial charge in [-0.2, -0.15) is 11.8 Å². The highest BCUT2D eigenvalue weighted by atomic mass is 32.2. The van der Waals surface area contributed by atoms with Gasteiger partial charge in [-0.05, 0) is 19.1 Å². The number of nitrogens with two attached hydrogens (primary N) is 1. The highest BCUT2D eigenvalue weighted by Gasteiger charge is 2.28. The third-order valence-electron chi connectivity index (χ3n) is 2.77. The third kappa shape index (κ3) is 2.26. The van der Waals surface area contributed by atoms with Gasteiger partial charge < -0.3 is 10.6 Å². The predicted octanol–water partition coefficient (Wildman–Crippen LogP) is 1.35. The van der Waals surface area contributed by atoms with Crippen molar-refractivity contribution in [3.05, 3.63) is 24.5 Å². The largest absolute Gasteiger partial charge is 0.362 e. The standard InChI is InChI=1S/C11H17N3S/c1-9(5-12)14(11-7-15-8-11)10-3-2-4-13-6-10/h2-4,6,9,11H,5,7-8,12H2,1H3. The van der Waals surface area contributed by atoms with Crippen LogP contribution in [0.15, 0.2) is 24.5 Å². The molecule has 0 spiro atoms. The van der Waals surface area contributed by atoms with Crippen LogP contribution in [0, 0.1) is 0 Å². The molecule has 2 rings (SSSR count). The average Bonchev–Trinajstić information content (AvgIpc) is 2.23. The highest BCUT2D eigenvalue weighted by molar-refractivity contribution is 8.00. The van der Waals surface area contributed by atoms with Crippen LogP contribution in [-0.2, 0) is 0 Å². The fourth-order valence-electron chi connectivity index (χ4n) is 1.83. The van der Waals surface area contributed by atoms with E-state index in [1.54, 1.807) is 0 Å². The van der Waals surface area contributed by atoms with Crippen LogP contribution in [0.2, 0.25) is 0 Å². The monoisotopic (exact) mass is 223 g/mol. The van der Waals surface area contributed by atoms with Crippen LogP contribution in [0.3, 0.4) is 0 Å². The Bertz CT molecular complexity index is 295. The van der Waals surface area contributed by atoms with Gasteiger partial charge in [-0.3, -0.25) is 4.98 Å². The molecule has 1 fully saturated rings. The smallest absolute Gasteiger partial charge is 0.0558 e. The Kier molecular flexibility index (Phi) is 3.49. The molecule has 0 amide bonds. The van der Waals surface area contributed by atoms with Gasteiger partial charge >= 0.3 is 0 Å². The molecule has 2 heterocycles. The minimum absolute atomic E-state index is 0.389. The molecular weight excluding hydrogens is 206 g/mol. The normalized spacial score (nSPS) is 18.3. The third-order valence-corrected chi connectivity index (χ3v) is 4.01. The fraction of sp³-hybridized carbons (Fsp3) is 0.545. The Morgan fingerprint density at radius 1 is 1.67 bits per heavy atom. The number of anilines is 1. The summed E-state index contributed by atoms with van der Waals surface area (Å²) in [5.41, 5.74) is 6.95. The lowest BCUT2D eigenvalue weighted by molar-refractivity contribution is 0.576. The van der Waals surface area contributed by atoms with Crippen LogP contribution in [0.5, 0.6) is 0 Å². The second kappa shape index (κ2) is 4.86. The zero-order valence-corrected chi connectivity index (χ0v) is 9.78. The molecule has 15 heavy (non-hydrogen) atoms. The van der Waals surface area contributed by atoms with E-state index in [0.717, 1.165) is 0 Å². The molecule has 1 atom stereocenters. The minimum Gasteiger partial charge on any atom is -0.362 e. The van der Waals surface area contributed by atoms with Crippen LogP contribution < -0.4 is 10.6 Å². The quantitative estimate of drug-likeness (QED) is 0.836. The SMILES string of the molecule is CC(CN)N(c1cccnc1)C1CSC1. The lowest BCUT2D eigenvalue weighted by Crippen LogP contribution is -2.51. The Morgan fingerprint density at radius 3 is 2.93 bits per heavy atom. The van der Waals surface area contributed by atoms with Crippen LogP contribution in [0.1, 0.15) is 6.92 Å². The Morgan fingerprint density at radius 2 is 2.47 bits per heavy atom. The Balaban J connectivity index is 2.18. The molecule has 1 aromatic heterocycles. The van der Waals surface area contributed by atoms with Crippen LogP contribution in [0.4, 0.5) is 5.69 Å². The molecule has 1 aliphatic heterocycles. The first-order chi connectivity index (χ1) is 7.33. The topological polar surface area (TPSA) is 42.1 Å². The first-order valence-corrected chi connectivity index (χ1v) is 6.44. The summed E-state index contributed by atoms with van der Waals surface area (Å²) < 4.78 is 0. The van der Waals surface area contributed by atoms with E-state index < -0.39 is 0 Å². The number of hydrogen-bond acceptors (Lipinski definition) is 4. The molecule has 0 aromatic carbocycles. The maximum atomic E-state index is 5.76. The van der Waals surface area contributed by atoms with Crippen LogP contribution in [-0.4, -0.2) is 35.1 Å². The van der Waals surface area contributed by atoms with Crippen LogP contribution in [0.25, 0.3) is 0 Å². The molecule has 1 saturated heterocycles. The van der Waals surface area contributed by atoms with Gasteiger partial charge in [-0.1, -0.05) is 0 Å². The summed E-state index contributed by atoms with van der Waals surface area (Å²) in [6.07, 6.45) is 3.74. The molecule has 1 aromatic rings. The van der Waals surface area contributed by atoms with Crippen molar-refractivity contribution in [3.63, 3.8) is 0 Å². The van der Waals surface area contributed by atoms with E-state index in [2.05, 4.69) is 22.9 Å². The maximum absolute atomic E-state index is 5.76. The van der Waals surface area contributed by atoms with Gasteiger partial charge in [0, 0.05) is 36.3 Å². The molecule has 0 aliphatic carbocycles. The van der Waals surface area contributed by atoms with Gasteiger partial charge in [0.15, 0.2) is 0 Å². The van der Waals surface area contributed by atoms with E-state index >= 15 is 0 Å². The zero-order chi connectivity index (χ0) is 10.7. The van der Waals surface area contributed by atoms with Crippen molar-refractivity contribution in [1.29, 1.82) is 0 Å². The first-order valence-electron chi connectivity index (χ1n) is 5.29. The highest BCUT2D eigenvalue weighted by Crippen LogP contribution is 2.29. The predicted molar refractivity (Wildman–Crippen MR) is 66.3 cm³/mol. The van der Waals surface area contributed by atoms with E-state index in [0.29, 0.717) is 18.6 Å². The van der Waals surface area contributed by atoms with E-state index in [4.69, 9.17) is 5.73 Å². The van der Waals surface area contributed by atoms with E-state index in [-0.39, 0.29) is 0 Å². The Labute approximate surface area is 95.1 Å². The molecular formula is C11H17N3S. The molecule has 1 aliphatic rings. The lowest BCUT2D eigenvalue weighted by Gasteiger charge is -2.42. The lowest BCUT2D eigenvalue weighted by atomic mass is 10.2. The second-order valence-corrected chi connectivity index (χ2v) is 4.97. The summed E-state index contributed by atoms with van der Waals surface area (Å²) in [5.74, 6) is 2.42. The molecule has 2 N–H and O–H groups in total. The van der Waals surface area contributed by atoms with E-state index in [9.17, 15) is 0 Å². The number of nitrogens with zero attached hydrogens (tertiary/aromatic N) is 2. The number of hydrogen-bond donors (Lipinski definition) is 1. The molecule has 4 heteroatoms. The van der Waals surface area contributed by atoms with Gasteiger partial charge in [-0.25, -0.2) is 0 Å². The number of rotatable bonds is 4. The van der Waals surface area contributed by atoms with Crippen molar-refractivity contribution in [2.45, 2.75) is 19.0 Å². The summed E-state index contributed by atoms with van der Waals surface area (Å²) in [4.78, 5) is 6.58. The van der Waals surface area contributed by atoms with Crippen molar-refractivity contribution < 1.29 is 0 Å². The van der Waals surface area contributed by atoms with Crippen molar-refractivity contribution in [1.82, 2.24) is 4.98 Å². The number of pyridine rings is 1. The average molecular weight is 223 g/mol. The maximum Gasteiger partial charge on any atom is 0.0558 e. The van der Waals surface area contributed by atoms with Gasteiger partial charge in [0.05, 0.1) is 11.9 Å². The molecule has 3 nitrogen and oxygen atoms in total. The van der Waals surface area contributed by atoms with Crippen molar-refractivity contribution in [2.24, 2.45) is 5.73 Å². The van der Waals surface area contributed by atoms with Crippen molar-refractivity contribution in [3.8, 4) is 0 Å². The van der Waals surface area contributed by atoms with Gasteiger partial charge in [0.2, 0.25) is 0 Å². The summed E-state index contributed by atoms with van der Waals surface area (Å²) in [7, 11) is 0. The summed E-state index contributed by atoms with van der Waals surface area (Å²) in [5, 5.41) is 0. The molecule has 0 bridgehead atoms. The summed E-state index contributed by atoms with van der Waals surface area (Å²) in [6, 6.07) is 5.12. The molecule has 0 saturated carbocycles. The van der Waals surface area contributed by atoms with Gasteiger partial charge in [-0.15, -0.1) is 0 Å². The van der Waals surface area contributed by atoms with Gasteiger partial charge in [0.25, 0.3) is 0 Å². The fourth-order valence-corrected chi connectivity index (χ4v) is 2.60. The van der Waals surface area contributed by atoms with Crippen molar-refractivity contribution in [2.75, 3.05) is 23.0 Å². The molecule has 1 unspecified atom stereocenters. The number of aromatic nitrogens is 1. The Hall–Kier alpha value is -0.740. The number of thioether (sulfide) groups is 1. The molecule has 0 radical (unpaired) electrons. The van der Waals surface area contributed by atoms with E-state index in [1.165, 1.54) is 17.2 Å².